The maximum absolute atomic E-state index is 12.2. The average Bonchev–Trinajstić information content (AvgIpc) is 3.18. The molecule has 0 aliphatic heterocycles. The molecule has 0 unspecified atom stereocenters. The second kappa shape index (κ2) is 5.53. The maximum Gasteiger partial charge on any atom is 0.348 e. The predicted octanol–water partition coefficient (Wildman–Crippen LogP) is 3.26. The molecule has 1 aliphatic rings. The van der Waals surface area contributed by atoms with Crippen molar-refractivity contribution in [2.75, 3.05) is 0 Å². The number of esters is 1. The van der Waals surface area contributed by atoms with Crippen molar-refractivity contribution in [2.45, 2.75) is 32.3 Å². The Labute approximate surface area is 131 Å². The van der Waals surface area contributed by atoms with E-state index in [9.17, 15) is 4.79 Å². The van der Waals surface area contributed by atoms with Crippen LogP contribution in [0.2, 0.25) is 0 Å². The van der Waals surface area contributed by atoms with Gasteiger partial charge in [0, 0.05) is 4.88 Å². The number of aryl methyl sites for hydroxylation is 2. The lowest BCUT2D eigenvalue weighted by atomic mass is 9.99. The zero-order valence-corrected chi connectivity index (χ0v) is 12.8. The lowest BCUT2D eigenvalue weighted by Crippen LogP contribution is -2.03. The first-order valence-corrected chi connectivity index (χ1v) is 8.19. The number of carbonyl (C=O) groups excluding carboxylic acids is 1. The van der Waals surface area contributed by atoms with E-state index in [0.717, 1.165) is 34.3 Å². The van der Waals surface area contributed by atoms with Gasteiger partial charge in [0.2, 0.25) is 0 Å². The molecule has 0 saturated heterocycles. The van der Waals surface area contributed by atoms with E-state index in [1.54, 1.807) is 11.3 Å². The van der Waals surface area contributed by atoms with Crippen LogP contribution in [0.3, 0.4) is 0 Å². The number of carbonyl (C=O) groups is 1. The Morgan fingerprint density at radius 3 is 2.95 bits per heavy atom. The lowest BCUT2D eigenvalue weighted by molar-refractivity contribution is 0.0478. The Bertz CT molecular complexity index is 813. The third-order valence-corrected chi connectivity index (χ3v) is 5.17. The summed E-state index contributed by atoms with van der Waals surface area (Å²) >= 11 is 1.58. The third kappa shape index (κ3) is 2.50. The van der Waals surface area contributed by atoms with Gasteiger partial charge in [0.15, 0.2) is 0 Å². The number of benzene rings is 1. The molecule has 1 aromatic carbocycles. The van der Waals surface area contributed by atoms with Gasteiger partial charge in [-0.2, -0.15) is 15.4 Å². The van der Waals surface area contributed by atoms with Crippen LogP contribution in [0.4, 0.5) is 0 Å². The number of nitrogens with zero attached hydrogens (tertiary/aromatic N) is 2. The minimum atomic E-state index is -0.236. The monoisotopic (exact) mass is 313 g/mol. The minimum Gasteiger partial charge on any atom is -0.457 e. The molecular weight excluding hydrogens is 298 g/mol. The molecule has 0 amide bonds. The number of rotatable bonds is 3. The molecule has 1 N–H and O–H groups in total. The summed E-state index contributed by atoms with van der Waals surface area (Å²) in [6.45, 7) is 0.254. The summed E-state index contributed by atoms with van der Waals surface area (Å²) in [5.74, 6) is -0.236. The number of H-pyrrole nitrogens is 1. The first-order valence-electron chi connectivity index (χ1n) is 7.38. The summed E-state index contributed by atoms with van der Waals surface area (Å²) in [5, 5.41) is 10.6. The molecule has 0 atom stereocenters. The number of fused-ring (bicyclic) bond motifs is 2. The fourth-order valence-electron chi connectivity index (χ4n) is 2.79. The fourth-order valence-corrected chi connectivity index (χ4v) is 3.93. The number of aromatic amines is 1. The standard InChI is InChI=1S/C16H15N3O2S/c20-16(15-8-11-3-1-2-4-14(11)22-15)21-9-10-5-6-12-13(7-10)18-19-17-12/h5-8H,1-4,9H2,(H,17,18,19). The van der Waals surface area contributed by atoms with Crippen molar-refractivity contribution in [3.05, 3.63) is 45.1 Å². The summed E-state index contributed by atoms with van der Waals surface area (Å²) in [5.41, 5.74) is 3.82. The van der Waals surface area contributed by atoms with Crippen molar-refractivity contribution in [3.63, 3.8) is 0 Å². The number of thiophene rings is 1. The highest BCUT2D eigenvalue weighted by molar-refractivity contribution is 7.14. The van der Waals surface area contributed by atoms with E-state index in [4.69, 9.17) is 4.74 Å². The molecule has 0 spiro atoms. The molecule has 6 heteroatoms. The zero-order chi connectivity index (χ0) is 14.9. The highest BCUT2D eigenvalue weighted by Gasteiger charge is 2.18. The van der Waals surface area contributed by atoms with Crippen molar-refractivity contribution >= 4 is 28.3 Å². The summed E-state index contributed by atoms with van der Waals surface area (Å²) < 4.78 is 5.43. The van der Waals surface area contributed by atoms with Gasteiger partial charge >= 0.3 is 5.97 Å². The SMILES string of the molecule is O=C(OCc1ccc2n[nH]nc2c1)c1cc2c(s1)CCCC2. The zero-order valence-electron chi connectivity index (χ0n) is 12.0. The van der Waals surface area contributed by atoms with Crippen molar-refractivity contribution < 1.29 is 9.53 Å². The Morgan fingerprint density at radius 1 is 1.18 bits per heavy atom. The summed E-state index contributed by atoms with van der Waals surface area (Å²) in [7, 11) is 0. The van der Waals surface area contributed by atoms with Crippen LogP contribution in [-0.2, 0) is 24.2 Å². The van der Waals surface area contributed by atoms with Crippen LogP contribution >= 0.6 is 11.3 Å². The summed E-state index contributed by atoms with van der Waals surface area (Å²) in [4.78, 5) is 14.3. The molecule has 0 bridgehead atoms. The van der Waals surface area contributed by atoms with E-state index in [2.05, 4.69) is 15.4 Å². The molecule has 0 radical (unpaired) electrons. The Hall–Kier alpha value is -2.21. The van der Waals surface area contributed by atoms with Gasteiger partial charge in [0.25, 0.3) is 0 Å². The van der Waals surface area contributed by atoms with Gasteiger partial charge < -0.3 is 4.74 Å². The van der Waals surface area contributed by atoms with Gasteiger partial charge in [-0.3, -0.25) is 0 Å². The van der Waals surface area contributed by atoms with E-state index < -0.39 is 0 Å². The van der Waals surface area contributed by atoms with Crippen molar-refractivity contribution in [3.8, 4) is 0 Å². The van der Waals surface area contributed by atoms with Gasteiger partial charge in [-0.25, -0.2) is 4.79 Å². The lowest BCUT2D eigenvalue weighted by Gasteiger charge is -2.08. The molecule has 0 fully saturated rings. The first-order chi connectivity index (χ1) is 10.8. The molecule has 1 aliphatic carbocycles. The van der Waals surface area contributed by atoms with Gasteiger partial charge in [0.05, 0.1) is 0 Å². The van der Waals surface area contributed by atoms with Crippen molar-refractivity contribution in [1.82, 2.24) is 15.4 Å². The molecular formula is C16H15N3O2S. The molecule has 5 nitrogen and oxygen atoms in total. The topological polar surface area (TPSA) is 67.9 Å². The van der Waals surface area contributed by atoms with Gasteiger partial charge in [-0.15, -0.1) is 11.3 Å². The largest absolute Gasteiger partial charge is 0.457 e. The first kappa shape index (κ1) is 13.5. The molecule has 2 heterocycles. The Kier molecular flexibility index (Phi) is 3.38. The minimum absolute atomic E-state index is 0.236. The van der Waals surface area contributed by atoms with E-state index in [1.165, 1.54) is 23.3 Å². The van der Waals surface area contributed by atoms with Crippen LogP contribution in [0.15, 0.2) is 24.3 Å². The smallest absolute Gasteiger partial charge is 0.348 e. The van der Waals surface area contributed by atoms with Crippen LogP contribution in [0.5, 0.6) is 0 Å². The fraction of sp³-hybridized carbons (Fsp3) is 0.312. The number of aromatic nitrogens is 3. The predicted molar refractivity (Wildman–Crippen MR) is 84.0 cm³/mol. The highest BCUT2D eigenvalue weighted by atomic mass is 32.1. The van der Waals surface area contributed by atoms with E-state index >= 15 is 0 Å². The normalized spacial score (nSPS) is 14.0. The Morgan fingerprint density at radius 2 is 2.05 bits per heavy atom. The molecule has 4 rings (SSSR count). The second-order valence-electron chi connectivity index (χ2n) is 5.49. The van der Waals surface area contributed by atoms with Gasteiger partial charge in [0.1, 0.15) is 22.5 Å². The van der Waals surface area contributed by atoms with E-state index in [0.29, 0.717) is 0 Å². The summed E-state index contributed by atoms with van der Waals surface area (Å²) in [6, 6.07) is 7.65. The molecule has 2 aromatic heterocycles. The van der Waals surface area contributed by atoms with Crippen LogP contribution < -0.4 is 0 Å². The van der Waals surface area contributed by atoms with Gasteiger partial charge in [-0.05, 0) is 55.0 Å². The highest BCUT2D eigenvalue weighted by Crippen LogP contribution is 2.30. The van der Waals surface area contributed by atoms with Crippen LogP contribution in [0.25, 0.3) is 11.0 Å². The molecule has 22 heavy (non-hydrogen) atoms. The van der Waals surface area contributed by atoms with E-state index in [-0.39, 0.29) is 12.6 Å². The van der Waals surface area contributed by atoms with Crippen LogP contribution in [-0.4, -0.2) is 21.4 Å². The average molecular weight is 313 g/mol. The van der Waals surface area contributed by atoms with E-state index in [1.807, 2.05) is 24.3 Å². The number of ether oxygens (including phenoxy) is 1. The van der Waals surface area contributed by atoms with Crippen molar-refractivity contribution in [1.29, 1.82) is 0 Å². The number of hydrogen-bond acceptors (Lipinski definition) is 5. The summed E-state index contributed by atoms with van der Waals surface area (Å²) in [6.07, 6.45) is 4.62. The quantitative estimate of drug-likeness (QED) is 0.754. The molecule has 112 valence electrons. The maximum atomic E-state index is 12.2. The molecule has 3 aromatic rings. The second-order valence-corrected chi connectivity index (χ2v) is 6.63. The molecule has 0 saturated carbocycles. The Balaban J connectivity index is 1.46. The van der Waals surface area contributed by atoms with Crippen LogP contribution in [0, 0.1) is 0 Å². The number of hydrogen-bond donors (Lipinski definition) is 1. The van der Waals surface area contributed by atoms with Crippen LogP contribution in [0.1, 0.15) is 38.5 Å². The third-order valence-electron chi connectivity index (χ3n) is 3.95. The van der Waals surface area contributed by atoms with Crippen molar-refractivity contribution in [2.24, 2.45) is 0 Å². The number of nitrogens with one attached hydrogen (secondary N) is 1. The van der Waals surface area contributed by atoms with Gasteiger partial charge in [-0.1, -0.05) is 6.07 Å².